The van der Waals surface area contributed by atoms with Crippen LogP contribution < -0.4 is 0 Å². The van der Waals surface area contributed by atoms with Gasteiger partial charge in [-0.15, -0.1) is 0 Å². The Labute approximate surface area is 127 Å². The molecule has 0 aliphatic carbocycles. The molecule has 0 spiro atoms. The lowest BCUT2D eigenvalue weighted by atomic mass is 10.4. The van der Waals surface area contributed by atoms with Crippen LogP contribution in [0.2, 0.25) is 0 Å². The fourth-order valence-corrected chi connectivity index (χ4v) is 3.35. The lowest BCUT2D eigenvalue weighted by Crippen LogP contribution is -2.32. The first-order valence-electron chi connectivity index (χ1n) is 7.04. The van der Waals surface area contributed by atoms with Gasteiger partial charge in [-0.05, 0) is 6.42 Å². The van der Waals surface area contributed by atoms with Crippen molar-refractivity contribution >= 4 is 31.5 Å². The molecule has 9 heteroatoms. The average Bonchev–Trinajstić information content (AvgIpc) is 3.01. The van der Waals surface area contributed by atoms with Crippen LogP contribution in [0.1, 0.15) is 19.3 Å². The highest BCUT2D eigenvalue weighted by atomic mass is 31.1. The van der Waals surface area contributed by atoms with Gasteiger partial charge < -0.3 is 9.40 Å². The van der Waals surface area contributed by atoms with Gasteiger partial charge in [0.15, 0.2) is 0 Å². The predicted molar refractivity (Wildman–Crippen MR) is 76.3 cm³/mol. The van der Waals surface area contributed by atoms with Gasteiger partial charge in [-0.25, -0.2) is 4.79 Å². The predicted octanol–water partition coefficient (Wildman–Crippen LogP) is -0.0582. The van der Waals surface area contributed by atoms with E-state index in [9.17, 15) is 23.7 Å². The molecule has 0 aromatic rings. The lowest BCUT2D eigenvalue weighted by Gasteiger charge is -2.15. The topological polar surface area (TPSA) is 101 Å². The first kappa shape index (κ1) is 16.4. The second-order valence-electron chi connectivity index (χ2n) is 5.01. The molecule has 0 aromatic carbocycles. The van der Waals surface area contributed by atoms with Gasteiger partial charge in [-0.3, -0.25) is 19.3 Å². The van der Waals surface area contributed by atoms with Gasteiger partial charge in [-0.2, -0.15) is 5.06 Å². The van der Waals surface area contributed by atoms with Gasteiger partial charge in [0.1, 0.15) is 0 Å². The Kier molecular flexibility index (Phi) is 5.49. The normalized spacial score (nSPS) is 19.2. The van der Waals surface area contributed by atoms with Gasteiger partial charge in [0.25, 0.3) is 17.7 Å². The first-order valence-corrected chi connectivity index (χ1v) is 8.86. The molecular formula is C13H17N2O6P. The number of rotatable bonds is 7. The lowest BCUT2D eigenvalue weighted by molar-refractivity contribution is -0.192. The van der Waals surface area contributed by atoms with Gasteiger partial charge >= 0.3 is 5.97 Å². The summed E-state index contributed by atoms with van der Waals surface area (Å²) < 4.78 is 11.8. The number of hydroxylamine groups is 2. The fourth-order valence-electron chi connectivity index (χ4n) is 2.14. The van der Waals surface area contributed by atoms with E-state index in [0.29, 0.717) is 19.4 Å². The molecule has 2 aliphatic heterocycles. The summed E-state index contributed by atoms with van der Waals surface area (Å²) in [4.78, 5) is 51.3. The Morgan fingerprint density at radius 3 is 2.45 bits per heavy atom. The maximum absolute atomic E-state index is 11.8. The van der Waals surface area contributed by atoms with Crippen LogP contribution in [-0.2, 0) is 28.6 Å². The molecular weight excluding hydrogens is 311 g/mol. The summed E-state index contributed by atoms with van der Waals surface area (Å²) in [7, 11) is -2.09. The monoisotopic (exact) mass is 328 g/mol. The highest BCUT2D eigenvalue weighted by Crippen LogP contribution is 2.22. The summed E-state index contributed by atoms with van der Waals surface area (Å²) in [6.07, 6.45) is 3.63. The van der Waals surface area contributed by atoms with Crippen molar-refractivity contribution in [2.24, 2.45) is 0 Å². The van der Waals surface area contributed by atoms with E-state index in [1.807, 2.05) is 0 Å². The molecule has 2 heterocycles. The quantitative estimate of drug-likeness (QED) is 0.479. The van der Waals surface area contributed by atoms with Crippen molar-refractivity contribution in [3.63, 3.8) is 0 Å². The number of nitrogens with zero attached hydrogens (tertiary/aromatic N) is 2. The molecule has 120 valence electrons. The third-order valence-corrected chi connectivity index (χ3v) is 4.95. The number of hydrogen-bond acceptors (Lipinski definition) is 6. The highest BCUT2D eigenvalue weighted by molar-refractivity contribution is 7.44. The second-order valence-corrected chi connectivity index (χ2v) is 7.09. The van der Waals surface area contributed by atoms with Gasteiger partial charge in [-0.1, -0.05) is 0 Å². The molecule has 0 radical (unpaired) electrons. The molecule has 1 unspecified atom stereocenters. The van der Waals surface area contributed by atoms with Crippen LogP contribution in [0.4, 0.5) is 0 Å². The van der Waals surface area contributed by atoms with Crippen molar-refractivity contribution in [1.29, 1.82) is 0 Å². The van der Waals surface area contributed by atoms with Gasteiger partial charge in [0.2, 0.25) is 0 Å². The molecule has 2 rings (SSSR count). The standard InChI is InChI=1S/C13H17N2O6P/c16-10-3-4-11(17)14(10)7-9-22(20)8-5-13(19)21-15-6-1-2-12(15)18/h3-4,22H,1-2,5-9H2. The van der Waals surface area contributed by atoms with Crippen LogP contribution in [0.5, 0.6) is 0 Å². The van der Waals surface area contributed by atoms with Crippen LogP contribution in [0.15, 0.2) is 12.2 Å². The van der Waals surface area contributed by atoms with Crippen molar-refractivity contribution in [3.8, 4) is 0 Å². The van der Waals surface area contributed by atoms with Crippen molar-refractivity contribution < 1.29 is 28.6 Å². The number of carbonyl (C=O) groups is 4. The zero-order valence-corrected chi connectivity index (χ0v) is 12.9. The van der Waals surface area contributed by atoms with E-state index in [4.69, 9.17) is 4.84 Å². The molecule has 8 nitrogen and oxygen atoms in total. The van der Waals surface area contributed by atoms with Crippen molar-refractivity contribution in [1.82, 2.24) is 9.96 Å². The minimum Gasteiger partial charge on any atom is -0.338 e. The number of carbonyl (C=O) groups excluding carboxylic acids is 4. The molecule has 0 bridgehead atoms. The van der Waals surface area contributed by atoms with Crippen LogP contribution >= 0.6 is 7.80 Å². The molecule has 0 N–H and O–H groups in total. The molecule has 0 aromatic heterocycles. The van der Waals surface area contributed by atoms with E-state index in [1.165, 1.54) is 12.2 Å². The summed E-state index contributed by atoms with van der Waals surface area (Å²) in [5.74, 6) is -1.64. The van der Waals surface area contributed by atoms with E-state index in [1.54, 1.807) is 0 Å². The summed E-state index contributed by atoms with van der Waals surface area (Å²) in [5, 5.41) is 1.03. The zero-order chi connectivity index (χ0) is 16.1. The minimum absolute atomic E-state index is 0.0539. The Morgan fingerprint density at radius 2 is 1.86 bits per heavy atom. The minimum atomic E-state index is -2.09. The zero-order valence-electron chi connectivity index (χ0n) is 11.9. The second kappa shape index (κ2) is 7.35. The van der Waals surface area contributed by atoms with Gasteiger partial charge in [0, 0.05) is 37.4 Å². The van der Waals surface area contributed by atoms with Crippen LogP contribution in [0.25, 0.3) is 0 Å². The average molecular weight is 328 g/mol. The number of imide groups is 1. The summed E-state index contributed by atoms with van der Waals surface area (Å²) in [5.41, 5.74) is 0. The number of hydrogen-bond donors (Lipinski definition) is 0. The van der Waals surface area contributed by atoms with E-state index >= 15 is 0 Å². The smallest absolute Gasteiger partial charge is 0.332 e. The first-order chi connectivity index (χ1) is 10.5. The van der Waals surface area contributed by atoms with Crippen molar-refractivity contribution in [2.75, 3.05) is 25.4 Å². The third-order valence-electron chi connectivity index (χ3n) is 3.36. The largest absolute Gasteiger partial charge is 0.338 e. The van der Waals surface area contributed by atoms with E-state index in [0.717, 1.165) is 9.96 Å². The Balaban J connectivity index is 1.65. The summed E-state index contributed by atoms with van der Waals surface area (Å²) in [6, 6.07) is 0. The molecule has 1 atom stereocenters. The van der Waals surface area contributed by atoms with Crippen molar-refractivity contribution in [2.45, 2.75) is 19.3 Å². The molecule has 1 saturated heterocycles. The number of amides is 3. The summed E-state index contributed by atoms with van der Waals surface area (Å²) >= 11 is 0. The highest BCUT2D eigenvalue weighted by Gasteiger charge is 2.25. The fraction of sp³-hybridized carbons (Fsp3) is 0.538. The Morgan fingerprint density at radius 1 is 1.18 bits per heavy atom. The third kappa shape index (κ3) is 4.27. The molecule has 3 amide bonds. The summed E-state index contributed by atoms with van der Waals surface area (Å²) in [6.45, 7) is 0.480. The Bertz CT molecular complexity index is 541. The molecule has 22 heavy (non-hydrogen) atoms. The maximum atomic E-state index is 11.8. The van der Waals surface area contributed by atoms with Crippen LogP contribution in [0, 0.1) is 0 Å². The van der Waals surface area contributed by atoms with E-state index < -0.39 is 25.6 Å². The van der Waals surface area contributed by atoms with E-state index in [2.05, 4.69) is 0 Å². The Hall–Kier alpha value is -1.95. The van der Waals surface area contributed by atoms with E-state index in [-0.39, 0.29) is 31.2 Å². The van der Waals surface area contributed by atoms with Crippen molar-refractivity contribution in [3.05, 3.63) is 12.2 Å². The van der Waals surface area contributed by atoms with Crippen LogP contribution in [-0.4, -0.2) is 59.1 Å². The SMILES string of the molecule is O=C(CC[PH](=O)CCN1C(=O)C=CC1=O)ON1CCCC1=O. The molecule has 2 aliphatic rings. The maximum Gasteiger partial charge on any atom is 0.332 e. The molecule has 0 saturated carbocycles. The van der Waals surface area contributed by atoms with Crippen LogP contribution in [0.3, 0.4) is 0 Å². The molecule has 1 fully saturated rings. The van der Waals surface area contributed by atoms with Gasteiger partial charge in [0.05, 0.1) is 20.8 Å².